The minimum atomic E-state index is 0.233. The lowest BCUT2D eigenvalue weighted by molar-refractivity contribution is 0.814. The summed E-state index contributed by atoms with van der Waals surface area (Å²) in [5.74, 6) is 1.35. The van der Waals surface area contributed by atoms with Crippen molar-refractivity contribution in [2.45, 2.75) is 20.4 Å². The molecule has 3 N–H and O–H groups in total. The largest absolute Gasteiger partial charge is 0.368 e. The molecule has 2 heterocycles. The van der Waals surface area contributed by atoms with Gasteiger partial charge in [0.1, 0.15) is 0 Å². The van der Waals surface area contributed by atoms with Gasteiger partial charge in [-0.25, -0.2) is 0 Å². The Hall–Kier alpha value is -1.41. The van der Waals surface area contributed by atoms with Gasteiger partial charge in [-0.2, -0.15) is 15.0 Å². The van der Waals surface area contributed by atoms with Crippen LogP contribution in [0, 0.1) is 0 Å². The van der Waals surface area contributed by atoms with Gasteiger partial charge < -0.3 is 16.0 Å². The van der Waals surface area contributed by atoms with Crippen molar-refractivity contribution in [3.05, 3.63) is 20.8 Å². The molecule has 0 radical (unpaired) electrons. The summed E-state index contributed by atoms with van der Waals surface area (Å²) >= 11 is 5.11. The zero-order valence-electron chi connectivity index (χ0n) is 11.4. The number of hydrogen-bond acceptors (Lipinski definition) is 7. The standard InChI is InChI=1S/C12H17BrN6S/c1-3-19(4-2)12-17-10(14)16-11(18-12)15-7-8-5-6-9(13)20-8/h5-6H,3-4,7H2,1-2H3,(H3,14,15,16,17,18). The highest BCUT2D eigenvalue weighted by atomic mass is 79.9. The van der Waals surface area contributed by atoms with Gasteiger partial charge in [-0.1, -0.05) is 0 Å². The molecule has 0 saturated heterocycles. The Balaban J connectivity index is 2.11. The summed E-state index contributed by atoms with van der Waals surface area (Å²) in [4.78, 5) is 15.9. The highest BCUT2D eigenvalue weighted by molar-refractivity contribution is 9.11. The number of nitrogen functional groups attached to an aromatic ring is 1. The van der Waals surface area contributed by atoms with Gasteiger partial charge in [-0.15, -0.1) is 11.3 Å². The second-order valence-corrected chi connectivity index (χ2v) is 6.60. The molecule has 2 aromatic heterocycles. The molecule has 6 nitrogen and oxygen atoms in total. The van der Waals surface area contributed by atoms with Crippen molar-refractivity contribution < 1.29 is 0 Å². The molecule has 2 aromatic rings. The van der Waals surface area contributed by atoms with Gasteiger partial charge in [0.05, 0.1) is 10.3 Å². The number of nitrogens with one attached hydrogen (secondary N) is 1. The van der Waals surface area contributed by atoms with Crippen LogP contribution in [-0.4, -0.2) is 28.0 Å². The third kappa shape index (κ3) is 3.80. The van der Waals surface area contributed by atoms with Crippen LogP contribution in [0.25, 0.3) is 0 Å². The highest BCUT2D eigenvalue weighted by Crippen LogP contribution is 2.22. The lowest BCUT2D eigenvalue weighted by atomic mass is 10.5. The molecule has 8 heteroatoms. The second-order valence-electron chi connectivity index (χ2n) is 4.05. The van der Waals surface area contributed by atoms with Gasteiger partial charge in [0.2, 0.25) is 17.8 Å². The fraction of sp³-hybridized carbons (Fsp3) is 0.417. The Labute approximate surface area is 130 Å². The highest BCUT2D eigenvalue weighted by Gasteiger charge is 2.09. The molecule has 0 bridgehead atoms. The molecule has 0 aliphatic rings. The average Bonchev–Trinajstić information content (AvgIpc) is 2.83. The molecular weight excluding hydrogens is 340 g/mol. The average molecular weight is 357 g/mol. The monoisotopic (exact) mass is 356 g/mol. The molecule has 20 heavy (non-hydrogen) atoms. The van der Waals surface area contributed by atoms with Gasteiger partial charge in [-0.05, 0) is 41.9 Å². The van der Waals surface area contributed by atoms with Crippen molar-refractivity contribution in [3.8, 4) is 0 Å². The van der Waals surface area contributed by atoms with E-state index in [1.165, 1.54) is 4.88 Å². The Bertz CT molecular complexity index is 569. The number of nitrogens with two attached hydrogens (primary N) is 1. The van der Waals surface area contributed by atoms with Crippen LogP contribution < -0.4 is 16.0 Å². The Morgan fingerprint density at radius 1 is 1.25 bits per heavy atom. The molecular formula is C12H17BrN6S. The summed E-state index contributed by atoms with van der Waals surface area (Å²) in [7, 11) is 0. The lowest BCUT2D eigenvalue weighted by Gasteiger charge is -2.18. The van der Waals surface area contributed by atoms with E-state index in [0.717, 1.165) is 16.9 Å². The maximum Gasteiger partial charge on any atom is 0.231 e. The van der Waals surface area contributed by atoms with E-state index in [4.69, 9.17) is 5.73 Å². The first-order chi connectivity index (χ1) is 9.62. The van der Waals surface area contributed by atoms with Crippen LogP contribution in [0.1, 0.15) is 18.7 Å². The van der Waals surface area contributed by atoms with Crippen molar-refractivity contribution in [2.75, 3.05) is 29.0 Å². The SMILES string of the molecule is CCN(CC)c1nc(N)nc(NCc2ccc(Br)s2)n1. The molecule has 0 fully saturated rings. The van der Waals surface area contributed by atoms with Crippen LogP contribution in [0.5, 0.6) is 0 Å². The lowest BCUT2D eigenvalue weighted by Crippen LogP contribution is -2.25. The fourth-order valence-electron chi connectivity index (χ4n) is 1.72. The van der Waals surface area contributed by atoms with Crippen LogP contribution in [0.3, 0.4) is 0 Å². The van der Waals surface area contributed by atoms with E-state index in [2.05, 4.69) is 56.1 Å². The number of rotatable bonds is 6. The van der Waals surface area contributed by atoms with E-state index in [1.54, 1.807) is 11.3 Å². The molecule has 0 aliphatic heterocycles. The predicted octanol–water partition coefficient (Wildman–Crippen LogP) is 2.74. The summed E-state index contributed by atoms with van der Waals surface area (Å²) in [6.07, 6.45) is 0. The van der Waals surface area contributed by atoms with Crippen LogP contribution in [-0.2, 0) is 6.54 Å². The minimum absolute atomic E-state index is 0.233. The van der Waals surface area contributed by atoms with Crippen LogP contribution in [0.15, 0.2) is 15.9 Å². The number of aromatic nitrogens is 3. The normalized spacial score (nSPS) is 10.6. The van der Waals surface area contributed by atoms with E-state index in [1.807, 2.05) is 11.0 Å². The zero-order valence-corrected chi connectivity index (χ0v) is 13.8. The molecule has 2 rings (SSSR count). The van der Waals surface area contributed by atoms with E-state index < -0.39 is 0 Å². The molecule has 108 valence electrons. The van der Waals surface area contributed by atoms with Gasteiger partial charge >= 0.3 is 0 Å². The molecule has 0 amide bonds. The van der Waals surface area contributed by atoms with Crippen molar-refractivity contribution in [2.24, 2.45) is 0 Å². The Morgan fingerprint density at radius 2 is 2.00 bits per heavy atom. The molecule has 0 unspecified atom stereocenters. The fourth-order valence-corrected chi connectivity index (χ4v) is 3.14. The molecule has 0 saturated carbocycles. The predicted molar refractivity (Wildman–Crippen MR) is 87.1 cm³/mol. The maximum absolute atomic E-state index is 5.75. The van der Waals surface area contributed by atoms with E-state index in [9.17, 15) is 0 Å². The van der Waals surface area contributed by atoms with Crippen LogP contribution in [0.2, 0.25) is 0 Å². The van der Waals surface area contributed by atoms with Crippen molar-refractivity contribution in [1.82, 2.24) is 15.0 Å². The van der Waals surface area contributed by atoms with Gasteiger partial charge in [0.15, 0.2) is 0 Å². The zero-order chi connectivity index (χ0) is 14.5. The summed E-state index contributed by atoms with van der Waals surface area (Å²) < 4.78 is 1.10. The first-order valence-electron chi connectivity index (χ1n) is 6.37. The quantitative estimate of drug-likeness (QED) is 0.828. The topological polar surface area (TPSA) is 80.0 Å². The number of hydrogen-bond donors (Lipinski definition) is 2. The molecule has 0 aliphatic carbocycles. The van der Waals surface area contributed by atoms with Crippen LogP contribution in [0.4, 0.5) is 17.8 Å². The second kappa shape index (κ2) is 6.85. The maximum atomic E-state index is 5.75. The first-order valence-corrected chi connectivity index (χ1v) is 7.98. The number of anilines is 3. The Morgan fingerprint density at radius 3 is 2.60 bits per heavy atom. The first kappa shape index (κ1) is 15.0. The summed E-state index contributed by atoms with van der Waals surface area (Å²) in [5.41, 5.74) is 5.75. The van der Waals surface area contributed by atoms with Crippen molar-refractivity contribution in [1.29, 1.82) is 0 Å². The smallest absolute Gasteiger partial charge is 0.231 e. The summed E-state index contributed by atoms with van der Waals surface area (Å²) in [6, 6.07) is 4.07. The Kier molecular flexibility index (Phi) is 5.13. The minimum Gasteiger partial charge on any atom is -0.368 e. The molecule has 0 atom stereocenters. The summed E-state index contributed by atoms with van der Waals surface area (Å²) in [5, 5.41) is 3.18. The van der Waals surface area contributed by atoms with Gasteiger partial charge in [0.25, 0.3) is 0 Å². The summed E-state index contributed by atoms with van der Waals surface area (Å²) in [6.45, 7) is 6.44. The number of thiophene rings is 1. The molecule has 0 spiro atoms. The van der Waals surface area contributed by atoms with E-state index in [-0.39, 0.29) is 5.95 Å². The van der Waals surface area contributed by atoms with E-state index >= 15 is 0 Å². The number of halogens is 1. The van der Waals surface area contributed by atoms with E-state index in [0.29, 0.717) is 18.4 Å². The van der Waals surface area contributed by atoms with Crippen LogP contribution >= 0.6 is 27.3 Å². The van der Waals surface area contributed by atoms with Gasteiger partial charge in [0, 0.05) is 18.0 Å². The third-order valence-electron chi connectivity index (χ3n) is 2.74. The van der Waals surface area contributed by atoms with Crippen molar-refractivity contribution in [3.63, 3.8) is 0 Å². The third-order valence-corrected chi connectivity index (χ3v) is 4.36. The van der Waals surface area contributed by atoms with Crippen molar-refractivity contribution >= 4 is 45.1 Å². The number of nitrogens with zero attached hydrogens (tertiary/aromatic N) is 4. The molecule has 0 aromatic carbocycles. The van der Waals surface area contributed by atoms with Gasteiger partial charge in [-0.3, -0.25) is 0 Å².